The monoisotopic (exact) mass is 211 g/mol. The molecule has 3 heteroatoms. The van der Waals surface area contributed by atoms with Gasteiger partial charge in [0.2, 0.25) is 0 Å². The fourth-order valence-electron chi connectivity index (χ4n) is 3.13. The maximum absolute atomic E-state index is 5.87. The summed E-state index contributed by atoms with van der Waals surface area (Å²) in [6.45, 7) is 8.19. The predicted molar refractivity (Wildman–Crippen MR) is 63.9 cm³/mol. The summed E-state index contributed by atoms with van der Waals surface area (Å²) in [7, 11) is 0. The van der Waals surface area contributed by atoms with Gasteiger partial charge in [0.05, 0.1) is 0 Å². The van der Waals surface area contributed by atoms with Gasteiger partial charge in [-0.1, -0.05) is 13.3 Å². The largest absolute Gasteiger partial charge is 0.329 e. The van der Waals surface area contributed by atoms with Crippen molar-refractivity contribution in [3.63, 3.8) is 0 Å². The zero-order valence-corrected chi connectivity index (χ0v) is 9.99. The van der Waals surface area contributed by atoms with Gasteiger partial charge >= 0.3 is 0 Å². The molecule has 2 rings (SSSR count). The smallest absolute Gasteiger partial charge is 0.0224 e. The molecule has 2 aliphatic heterocycles. The number of nitrogens with zero attached hydrogens (tertiary/aromatic N) is 2. The Morgan fingerprint density at radius 3 is 2.93 bits per heavy atom. The molecule has 2 fully saturated rings. The van der Waals surface area contributed by atoms with Crippen molar-refractivity contribution in [3.05, 3.63) is 0 Å². The van der Waals surface area contributed by atoms with Crippen LogP contribution in [0.5, 0.6) is 0 Å². The van der Waals surface area contributed by atoms with Crippen LogP contribution in [0.1, 0.15) is 32.6 Å². The van der Waals surface area contributed by atoms with Crippen molar-refractivity contribution < 1.29 is 0 Å². The Labute approximate surface area is 93.6 Å². The molecule has 0 aromatic heterocycles. The second kappa shape index (κ2) is 5.28. The topological polar surface area (TPSA) is 32.5 Å². The van der Waals surface area contributed by atoms with Gasteiger partial charge in [0, 0.05) is 38.3 Å². The molecule has 2 unspecified atom stereocenters. The van der Waals surface area contributed by atoms with Gasteiger partial charge in [0.15, 0.2) is 0 Å². The van der Waals surface area contributed by atoms with Crippen LogP contribution in [0.25, 0.3) is 0 Å². The molecule has 0 radical (unpaired) electrons. The molecular formula is C12H25N3. The molecule has 15 heavy (non-hydrogen) atoms. The predicted octanol–water partition coefficient (Wildman–Crippen LogP) is 0.894. The lowest BCUT2D eigenvalue weighted by Crippen LogP contribution is -2.55. The first-order chi connectivity index (χ1) is 7.35. The summed E-state index contributed by atoms with van der Waals surface area (Å²) in [4.78, 5) is 5.30. The Bertz CT molecular complexity index is 195. The van der Waals surface area contributed by atoms with Gasteiger partial charge in [-0.05, 0) is 25.8 Å². The van der Waals surface area contributed by atoms with Crippen molar-refractivity contribution in [3.8, 4) is 0 Å². The summed E-state index contributed by atoms with van der Waals surface area (Å²) in [5, 5.41) is 0. The molecule has 0 bridgehead atoms. The molecule has 88 valence electrons. The van der Waals surface area contributed by atoms with Gasteiger partial charge in [-0.3, -0.25) is 9.80 Å². The van der Waals surface area contributed by atoms with E-state index in [1.807, 2.05) is 0 Å². The summed E-state index contributed by atoms with van der Waals surface area (Å²) >= 11 is 0. The van der Waals surface area contributed by atoms with Crippen LogP contribution >= 0.6 is 0 Å². The number of hydrogen-bond donors (Lipinski definition) is 1. The summed E-state index contributed by atoms with van der Waals surface area (Å²) in [5.74, 6) is 0. The van der Waals surface area contributed by atoms with E-state index < -0.39 is 0 Å². The van der Waals surface area contributed by atoms with Crippen LogP contribution in [0.3, 0.4) is 0 Å². The molecule has 0 spiro atoms. The highest BCUT2D eigenvalue weighted by Gasteiger charge is 2.32. The van der Waals surface area contributed by atoms with Crippen molar-refractivity contribution in [1.82, 2.24) is 9.80 Å². The van der Waals surface area contributed by atoms with E-state index in [1.165, 1.54) is 51.9 Å². The highest BCUT2D eigenvalue weighted by atomic mass is 15.3. The molecule has 2 N–H and O–H groups in total. The van der Waals surface area contributed by atoms with E-state index in [2.05, 4.69) is 16.7 Å². The minimum atomic E-state index is 0.637. The lowest BCUT2D eigenvalue weighted by atomic mass is 10.1. The number of hydrogen-bond acceptors (Lipinski definition) is 3. The van der Waals surface area contributed by atoms with Crippen molar-refractivity contribution in [2.75, 3.05) is 32.7 Å². The number of fused-ring (bicyclic) bond motifs is 1. The van der Waals surface area contributed by atoms with Gasteiger partial charge in [0.25, 0.3) is 0 Å². The van der Waals surface area contributed by atoms with Crippen molar-refractivity contribution in [2.45, 2.75) is 44.7 Å². The quantitative estimate of drug-likeness (QED) is 0.750. The second-order valence-corrected chi connectivity index (χ2v) is 5.01. The lowest BCUT2D eigenvalue weighted by Gasteiger charge is -2.41. The molecule has 0 aromatic rings. The Morgan fingerprint density at radius 1 is 1.33 bits per heavy atom. The fourth-order valence-corrected chi connectivity index (χ4v) is 3.13. The Morgan fingerprint density at radius 2 is 2.20 bits per heavy atom. The first kappa shape index (κ1) is 11.4. The molecule has 3 nitrogen and oxygen atoms in total. The minimum absolute atomic E-state index is 0.637. The highest BCUT2D eigenvalue weighted by Crippen LogP contribution is 2.23. The maximum Gasteiger partial charge on any atom is 0.0224 e. The van der Waals surface area contributed by atoms with Crippen molar-refractivity contribution in [1.29, 1.82) is 0 Å². The molecule has 0 amide bonds. The van der Waals surface area contributed by atoms with Gasteiger partial charge in [0.1, 0.15) is 0 Å². The average Bonchev–Trinajstić information content (AvgIpc) is 2.72. The van der Waals surface area contributed by atoms with Gasteiger partial charge < -0.3 is 5.73 Å². The van der Waals surface area contributed by atoms with Crippen molar-refractivity contribution >= 4 is 0 Å². The summed E-state index contributed by atoms with van der Waals surface area (Å²) < 4.78 is 0. The van der Waals surface area contributed by atoms with Crippen LogP contribution in [-0.4, -0.2) is 54.6 Å². The maximum atomic E-state index is 5.87. The van der Waals surface area contributed by atoms with E-state index in [0.717, 1.165) is 12.6 Å². The van der Waals surface area contributed by atoms with Crippen LogP contribution in [0.2, 0.25) is 0 Å². The Hall–Kier alpha value is -0.120. The molecule has 2 saturated heterocycles. The second-order valence-electron chi connectivity index (χ2n) is 5.01. The van der Waals surface area contributed by atoms with E-state index in [-0.39, 0.29) is 0 Å². The van der Waals surface area contributed by atoms with Crippen LogP contribution < -0.4 is 5.73 Å². The third-order valence-electron chi connectivity index (χ3n) is 4.03. The molecule has 0 aliphatic carbocycles. The number of rotatable bonds is 4. The Balaban J connectivity index is 1.87. The van der Waals surface area contributed by atoms with E-state index in [0.29, 0.717) is 6.04 Å². The summed E-state index contributed by atoms with van der Waals surface area (Å²) in [6, 6.07) is 1.47. The zero-order chi connectivity index (χ0) is 10.7. The standard InChI is InChI=1S/C12H25N3/c1-2-4-11(9-13)15-8-7-14-6-3-5-12(14)10-15/h11-12H,2-10,13H2,1H3. The average molecular weight is 211 g/mol. The third-order valence-corrected chi connectivity index (χ3v) is 4.03. The lowest BCUT2D eigenvalue weighted by molar-refractivity contribution is 0.0707. The van der Waals surface area contributed by atoms with Gasteiger partial charge in [-0.2, -0.15) is 0 Å². The zero-order valence-electron chi connectivity index (χ0n) is 9.99. The third kappa shape index (κ3) is 2.52. The fraction of sp³-hybridized carbons (Fsp3) is 1.00. The normalized spacial score (nSPS) is 30.4. The molecule has 2 aliphatic rings. The van der Waals surface area contributed by atoms with Crippen LogP contribution in [-0.2, 0) is 0 Å². The van der Waals surface area contributed by atoms with Crippen LogP contribution in [0.15, 0.2) is 0 Å². The van der Waals surface area contributed by atoms with E-state index in [4.69, 9.17) is 5.73 Å². The summed E-state index contributed by atoms with van der Waals surface area (Å²) in [5.41, 5.74) is 5.87. The minimum Gasteiger partial charge on any atom is -0.329 e. The van der Waals surface area contributed by atoms with Gasteiger partial charge in [-0.15, -0.1) is 0 Å². The summed E-state index contributed by atoms with van der Waals surface area (Å²) in [6.07, 6.45) is 5.33. The molecular weight excluding hydrogens is 186 g/mol. The number of piperazine rings is 1. The van der Waals surface area contributed by atoms with Crippen LogP contribution in [0.4, 0.5) is 0 Å². The molecule has 0 aromatic carbocycles. The molecule has 2 heterocycles. The van der Waals surface area contributed by atoms with E-state index in [9.17, 15) is 0 Å². The first-order valence-corrected chi connectivity index (χ1v) is 6.53. The first-order valence-electron chi connectivity index (χ1n) is 6.53. The van der Waals surface area contributed by atoms with Crippen molar-refractivity contribution in [2.24, 2.45) is 5.73 Å². The van der Waals surface area contributed by atoms with E-state index >= 15 is 0 Å². The SMILES string of the molecule is CCCC(CN)N1CCN2CCCC2C1. The highest BCUT2D eigenvalue weighted by molar-refractivity contribution is 4.89. The van der Waals surface area contributed by atoms with E-state index in [1.54, 1.807) is 0 Å². The number of nitrogens with two attached hydrogens (primary N) is 1. The van der Waals surface area contributed by atoms with Crippen LogP contribution in [0, 0.1) is 0 Å². The molecule has 0 saturated carbocycles. The van der Waals surface area contributed by atoms with Gasteiger partial charge in [-0.25, -0.2) is 0 Å². The Kier molecular flexibility index (Phi) is 4.00. The molecule has 2 atom stereocenters.